The van der Waals surface area contributed by atoms with Gasteiger partial charge in [-0.15, -0.1) is 11.3 Å². The molecule has 1 fully saturated rings. The molecule has 1 aromatic heterocycles. The highest BCUT2D eigenvalue weighted by atomic mass is 32.1. The molecular weight excluding hydrogens is 336 g/mol. The monoisotopic (exact) mass is 360 g/mol. The van der Waals surface area contributed by atoms with Crippen LogP contribution >= 0.6 is 11.3 Å². The molecule has 0 saturated carbocycles. The molecule has 0 bridgehead atoms. The van der Waals surface area contributed by atoms with E-state index in [2.05, 4.69) is 22.4 Å². The Morgan fingerprint density at radius 1 is 1.12 bits per heavy atom. The van der Waals surface area contributed by atoms with Crippen LogP contribution in [0, 0.1) is 6.92 Å². The summed E-state index contributed by atoms with van der Waals surface area (Å²) in [4.78, 5) is 18.5. The number of piperazine rings is 1. The maximum absolute atomic E-state index is 12.9. The Bertz CT molecular complexity index is 697. The lowest BCUT2D eigenvalue weighted by Gasteiger charge is -2.34. The van der Waals surface area contributed by atoms with Gasteiger partial charge in [-0.25, -0.2) is 0 Å². The molecular formula is C19H24N2O3S. The van der Waals surface area contributed by atoms with Crippen LogP contribution in [0.25, 0.3) is 0 Å². The van der Waals surface area contributed by atoms with Crippen LogP contribution in [0.1, 0.15) is 20.8 Å². The molecule has 134 valence electrons. The summed E-state index contributed by atoms with van der Waals surface area (Å²) in [7, 11) is 3.22. The van der Waals surface area contributed by atoms with E-state index in [4.69, 9.17) is 9.47 Å². The molecule has 3 rings (SSSR count). The fourth-order valence-electron chi connectivity index (χ4n) is 3.12. The first-order chi connectivity index (χ1) is 12.1. The van der Waals surface area contributed by atoms with Crippen LogP contribution in [-0.2, 0) is 6.54 Å². The highest BCUT2D eigenvalue weighted by Crippen LogP contribution is 2.30. The second kappa shape index (κ2) is 7.89. The normalized spacial score (nSPS) is 15.2. The van der Waals surface area contributed by atoms with Gasteiger partial charge >= 0.3 is 0 Å². The zero-order valence-electron chi connectivity index (χ0n) is 14.9. The molecule has 2 heterocycles. The van der Waals surface area contributed by atoms with Gasteiger partial charge in [0.05, 0.1) is 14.2 Å². The fraction of sp³-hybridized carbons (Fsp3) is 0.421. The van der Waals surface area contributed by atoms with Crippen LogP contribution in [0.4, 0.5) is 0 Å². The number of hydrogen-bond donors (Lipinski definition) is 0. The highest BCUT2D eigenvalue weighted by molar-refractivity contribution is 7.09. The van der Waals surface area contributed by atoms with E-state index in [9.17, 15) is 4.79 Å². The Morgan fingerprint density at radius 3 is 2.28 bits per heavy atom. The standard InChI is InChI=1S/C19H24N2O3S/c1-14-17(23-2)11-15(12-18(14)24-3)19(22)21-8-6-20(7-9-21)13-16-5-4-10-25-16/h4-5,10-12H,6-9,13H2,1-3H3. The predicted molar refractivity (Wildman–Crippen MR) is 99.8 cm³/mol. The van der Waals surface area contributed by atoms with Gasteiger partial charge in [-0.1, -0.05) is 6.07 Å². The lowest BCUT2D eigenvalue weighted by Crippen LogP contribution is -2.48. The average Bonchev–Trinajstić information content (AvgIpc) is 3.15. The van der Waals surface area contributed by atoms with Gasteiger partial charge in [0.2, 0.25) is 0 Å². The van der Waals surface area contributed by atoms with E-state index in [1.807, 2.05) is 11.8 Å². The first-order valence-corrected chi connectivity index (χ1v) is 9.27. The zero-order chi connectivity index (χ0) is 17.8. The zero-order valence-corrected chi connectivity index (χ0v) is 15.8. The molecule has 1 aliphatic heterocycles. The molecule has 0 aliphatic carbocycles. The lowest BCUT2D eigenvalue weighted by atomic mass is 10.1. The van der Waals surface area contributed by atoms with Crippen LogP contribution in [0.2, 0.25) is 0 Å². The second-order valence-corrected chi connectivity index (χ2v) is 7.19. The Morgan fingerprint density at radius 2 is 1.76 bits per heavy atom. The Kier molecular flexibility index (Phi) is 5.60. The summed E-state index contributed by atoms with van der Waals surface area (Å²) < 4.78 is 10.8. The molecule has 1 amide bonds. The lowest BCUT2D eigenvalue weighted by molar-refractivity contribution is 0.0629. The predicted octanol–water partition coefficient (Wildman–Crippen LogP) is 3.03. The summed E-state index contributed by atoms with van der Waals surface area (Å²) in [5, 5.41) is 2.10. The number of rotatable bonds is 5. The molecule has 0 radical (unpaired) electrons. The average molecular weight is 360 g/mol. The van der Waals surface area contributed by atoms with Crippen molar-refractivity contribution in [3.05, 3.63) is 45.6 Å². The van der Waals surface area contributed by atoms with E-state index < -0.39 is 0 Å². The number of carbonyl (C=O) groups is 1. The van der Waals surface area contributed by atoms with Crippen molar-refractivity contribution < 1.29 is 14.3 Å². The largest absolute Gasteiger partial charge is 0.496 e. The van der Waals surface area contributed by atoms with Gasteiger partial charge in [0.25, 0.3) is 5.91 Å². The molecule has 0 N–H and O–H groups in total. The van der Waals surface area contributed by atoms with Crippen molar-refractivity contribution in [1.82, 2.24) is 9.80 Å². The van der Waals surface area contributed by atoms with Crippen molar-refractivity contribution in [2.75, 3.05) is 40.4 Å². The number of hydrogen-bond acceptors (Lipinski definition) is 5. The van der Waals surface area contributed by atoms with Gasteiger partial charge in [-0.2, -0.15) is 0 Å². The Balaban J connectivity index is 1.66. The molecule has 0 unspecified atom stereocenters. The molecule has 0 atom stereocenters. The second-order valence-electron chi connectivity index (χ2n) is 6.15. The van der Waals surface area contributed by atoms with E-state index in [-0.39, 0.29) is 5.91 Å². The number of thiophene rings is 1. The van der Waals surface area contributed by atoms with Crippen molar-refractivity contribution in [3.63, 3.8) is 0 Å². The number of methoxy groups -OCH3 is 2. The third-order valence-electron chi connectivity index (χ3n) is 4.62. The molecule has 1 saturated heterocycles. The van der Waals surface area contributed by atoms with E-state index in [0.717, 1.165) is 38.3 Å². The minimum Gasteiger partial charge on any atom is -0.496 e. The summed E-state index contributed by atoms with van der Waals surface area (Å²) in [5.41, 5.74) is 1.52. The van der Waals surface area contributed by atoms with Gasteiger partial charge in [0.1, 0.15) is 11.5 Å². The summed E-state index contributed by atoms with van der Waals surface area (Å²) in [6.07, 6.45) is 0. The van der Waals surface area contributed by atoms with Crippen molar-refractivity contribution >= 4 is 17.2 Å². The van der Waals surface area contributed by atoms with Crippen LogP contribution in [0.3, 0.4) is 0 Å². The molecule has 25 heavy (non-hydrogen) atoms. The molecule has 1 aliphatic rings. The first kappa shape index (κ1) is 17.8. The highest BCUT2D eigenvalue weighted by Gasteiger charge is 2.24. The minimum absolute atomic E-state index is 0.0346. The third kappa shape index (κ3) is 3.96. The first-order valence-electron chi connectivity index (χ1n) is 8.39. The van der Waals surface area contributed by atoms with Crippen LogP contribution < -0.4 is 9.47 Å². The summed E-state index contributed by atoms with van der Waals surface area (Å²) in [6, 6.07) is 7.85. The molecule has 2 aromatic rings. The van der Waals surface area contributed by atoms with Gasteiger partial charge in [0, 0.05) is 48.7 Å². The van der Waals surface area contributed by atoms with E-state index in [1.165, 1.54) is 4.88 Å². The number of ether oxygens (including phenoxy) is 2. The molecule has 1 aromatic carbocycles. The molecule has 5 nitrogen and oxygen atoms in total. The van der Waals surface area contributed by atoms with Gasteiger partial charge in [-0.05, 0) is 30.5 Å². The van der Waals surface area contributed by atoms with Crippen molar-refractivity contribution in [2.24, 2.45) is 0 Å². The van der Waals surface area contributed by atoms with Gasteiger partial charge in [-0.3, -0.25) is 9.69 Å². The SMILES string of the molecule is COc1cc(C(=O)N2CCN(Cc3cccs3)CC2)cc(OC)c1C. The number of nitrogens with zero attached hydrogens (tertiary/aromatic N) is 2. The quantitative estimate of drug-likeness (QED) is 0.822. The molecule has 0 spiro atoms. The maximum Gasteiger partial charge on any atom is 0.254 e. The van der Waals surface area contributed by atoms with Crippen molar-refractivity contribution in [2.45, 2.75) is 13.5 Å². The molecule has 6 heteroatoms. The van der Waals surface area contributed by atoms with Crippen LogP contribution in [0.15, 0.2) is 29.6 Å². The van der Waals surface area contributed by atoms with Gasteiger partial charge in [0.15, 0.2) is 0 Å². The maximum atomic E-state index is 12.9. The van der Waals surface area contributed by atoms with Gasteiger partial charge < -0.3 is 14.4 Å². The Labute approximate surface area is 152 Å². The summed E-state index contributed by atoms with van der Waals surface area (Å²) >= 11 is 1.78. The number of amides is 1. The summed E-state index contributed by atoms with van der Waals surface area (Å²) in [6.45, 7) is 6.15. The van der Waals surface area contributed by atoms with E-state index >= 15 is 0 Å². The van der Waals surface area contributed by atoms with Crippen molar-refractivity contribution in [3.8, 4) is 11.5 Å². The number of benzene rings is 1. The van der Waals surface area contributed by atoms with Crippen LogP contribution in [0.5, 0.6) is 11.5 Å². The number of carbonyl (C=O) groups excluding carboxylic acids is 1. The third-order valence-corrected chi connectivity index (χ3v) is 5.48. The fourth-order valence-corrected chi connectivity index (χ4v) is 3.87. The topological polar surface area (TPSA) is 42.0 Å². The minimum atomic E-state index is 0.0346. The van der Waals surface area contributed by atoms with E-state index in [0.29, 0.717) is 17.1 Å². The smallest absolute Gasteiger partial charge is 0.254 e. The van der Waals surface area contributed by atoms with Crippen LogP contribution in [-0.4, -0.2) is 56.1 Å². The Hall–Kier alpha value is -2.05. The summed E-state index contributed by atoms with van der Waals surface area (Å²) in [5.74, 6) is 1.39. The van der Waals surface area contributed by atoms with E-state index in [1.54, 1.807) is 37.7 Å². The van der Waals surface area contributed by atoms with Crippen molar-refractivity contribution in [1.29, 1.82) is 0 Å².